The van der Waals surface area contributed by atoms with E-state index >= 15 is 0 Å². The minimum atomic E-state index is -4.12. The quantitative estimate of drug-likeness (QED) is 0.684. The van der Waals surface area contributed by atoms with Crippen molar-refractivity contribution < 1.29 is 32.3 Å². The highest BCUT2D eigenvalue weighted by Gasteiger charge is 2.30. The van der Waals surface area contributed by atoms with Crippen LogP contribution < -0.4 is 4.72 Å². The molecule has 0 bridgehead atoms. The summed E-state index contributed by atoms with van der Waals surface area (Å²) in [5.41, 5.74) is 0. The molecule has 2 N–H and O–H groups in total. The van der Waals surface area contributed by atoms with Gasteiger partial charge in [0.15, 0.2) is 0 Å². The first-order chi connectivity index (χ1) is 10.3. The Bertz CT molecular complexity index is 647. The molecule has 0 saturated carbocycles. The minimum Gasteiger partial charge on any atom is -0.480 e. The molecular formula is C13H19NO7S. The number of methoxy groups -OCH3 is 1. The summed E-state index contributed by atoms with van der Waals surface area (Å²) in [5.74, 6) is -2.25. The summed E-state index contributed by atoms with van der Waals surface area (Å²) in [6, 6.07) is -0.200. The lowest BCUT2D eigenvalue weighted by molar-refractivity contribution is -0.139. The molecule has 0 amide bonds. The number of rotatable bonds is 8. The molecule has 0 saturated heterocycles. The summed E-state index contributed by atoms with van der Waals surface area (Å²) >= 11 is 0. The fourth-order valence-corrected chi connectivity index (χ4v) is 3.33. The Kier molecular flexibility index (Phi) is 6.12. The van der Waals surface area contributed by atoms with E-state index in [1.165, 1.54) is 0 Å². The molecule has 124 valence electrons. The number of furan rings is 1. The van der Waals surface area contributed by atoms with Gasteiger partial charge >= 0.3 is 11.9 Å². The van der Waals surface area contributed by atoms with Crippen LogP contribution in [0.25, 0.3) is 0 Å². The van der Waals surface area contributed by atoms with E-state index in [1.807, 2.05) is 0 Å². The normalized spacial score (nSPS) is 12.9. The number of hydrogen-bond acceptors (Lipinski definition) is 6. The molecule has 0 aliphatic rings. The van der Waals surface area contributed by atoms with E-state index in [9.17, 15) is 18.0 Å². The molecule has 1 rings (SSSR count). The first-order valence-electron chi connectivity index (χ1n) is 6.72. The average molecular weight is 333 g/mol. The van der Waals surface area contributed by atoms with Crippen molar-refractivity contribution in [2.75, 3.05) is 7.11 Å². The third-order valence-corrected chi connectivity index (χ3v) is 4.46. The fraction of sp³-hybridized carbons (Fsp3) is 0.538. The van der Waals surface area contributed by atoms with Crippen molar-refractivity contribution in [1.82, 2.24) is 4.72 Å². The van der Waals surface area contributed by atoms with Gasteiger partial charge in [-0.1, -0.05) is 20.3 Å². The zero-order chi connectivity index (χ0) is 16.9. The average Bonchev–Trinajstić information content (AvgIpc) is 2.90. The van der Waals surface area contributed by atoms with Gasteiger partial charge in [0.2, 0.25) is 15.8 Å². The topological polar surface area (TPSA) is 123 Å². The van der Waals surface area contributed by atoms with Gasteiger partial charge in [-0.2, -0.15) is 4.72 Å². The van der Waals surface area contributed by atoms with Crippen LogP contribution in [-0.2, 0) is 26.0 Å². The number of carboxylic acids is 1. The van der Waals surface area contributed by atoms with E-state index in [0.717, 1.165) is 13.2 Å². The van der Waals surface area contributed by atoms with Crippen LogP contribution in [0.15, 0.2) is 15.4 Å². The van der Waals surface area contributed by atoms with Crippen molar-refractivity contribution in [3.8, 4) is 0 Å². The molecule has 1 aromatic rings. The molecule has 0 radical (unpaired) electrons. The third-order valence-electron chi connectivity index (χ3n) is 2.94. The van der Waals surface area contributed by atoms with Crippen LogP contribution in [0.1, 0.15) is 43.0 Å². The molecule has 0 aromatic carbocycles. The maximum absolute atomic E-state index is 12.3. The highest BCUT2D eigenvalue weighted by Crippen LogP contribution is 2.22. The van der Waals surface area contributed by atoms with E-state index in [-0.39, 0.29) is 29.3 Å². The van der Waals surface area contributed by atoms with E-state index < -0.39 is 28.0 Å². The fourth-order valence-electron chi connectivity index (χ4n) is 1.86. The molecule has 9 heteroatoms. The highest BCUT2D eigenvalue weighted by atomic mass is 32.2. The molecule has 1 atom stereocenters. The second-order valence-corrected chi connectivity index (χ2v) is 6.23. The highest BCUT2D eigenvalue weighted by molar-refractivity contribution is 7.89. The predicted octanol–water partition coefficient (Wildman–Crippen LogP) is 1.16. The van der Waals surface area contributed by atoms with Crippen molar-refractivity contribution in [3.05, 3.63) is 17.6 Å². The van der Waals surface area contributed by atoms with Crippen molar-refractivity contribution in [2.45, 2.75) is 44.0 Å². The summed E-state index contributed by atoms with van der Waals surface area (Å²) in [7, 11) is -2.98. The Morgan fingerprint density at radius 3 is 2.50 bits per heavy atom. The number of esters is 1. The lowest BCUT2D eigenvalue weighted by atomic mass is 10.2. The molecule has 1 unspecified atom stereocenters. The number of carbonyl (C=O) groups excluding carboxylic acids is 1. The van der Waals surface area contributed by atoms with Crippen molar-refractivity contribution >= 4 is 22.0 Å². The number of sulfonamides is 1. The van der Waals surface area contributed by atoms with Crippen LogP contribution in [0.4, 0.5) is 0 Å². The maximum atomic E-state index is 12.3. The molecule has 8 nitrogen and oxygen atoms in total. The molecule has 22 heavy (non-hydrogen) atoms. The van der Waals surface area contributed by atoms with E-state index in [2.05, 4.69) is 9.46 Å². The van der Waals surface area contributed by atoms with Gasteiger partial charge in [-0.3, -0.25) is 4.79 Å². The Morgan fingerprint density at radius 2 is 2.05 bits per heavy atom. The summed E-state index contributed by atoms with van der Waals surface area (Å²) in [6.07, 6.45) is 0.870. The SMILES string of the molecule is CCCC(NS(=O)(=O)c1cc(C(=O)OC)oc1CC)C(=O)O. The Hall–Kier alpha value is -1.87. The van der Waals surface area contributed by atoms with Gasteiger partial charge in [0.25, 0.3) is 0 Å². The van der Waals surface area contributed by atoms with Crippen molar-refractivity contribution in [3.63, 3.8) is 0 Å². The number of carbonyl (C=O) groups is 2. The maximum Gasteiger partial charge on any atom is 0.373 e. The number of nitrogens with one attached hydrogen (secondary N) is 1. The lowest BCUT2D eigenvalue weighted by Gasteiger charge is -2.13. The second kappa shape index (κ2) is 7.41. The standard InChI is InChI=1S/C13H19NO7S/c1-4-6-8(12(15)16)14-22(18,19)11-7-10(13(17)20-3)21-9(11)5-2/h7-8,14H,4-6H2,1-3H3,(H,15,16). The Morgan fingerprint density at radius 1 is 1.41 bits per heavy atom. The summed E-state index contributed by atoms with van der Waals surface area (Å²) in [6.45, 7) is 3.40. The van der Waals surface area contributed by atoms with Crippen molar-refractivity contribution in [2.24, 2.45) is 0 Å². The Labute approximate surface area is 128 Å². The van der Waals surface area contributed by atoms with E-state index in [4.69, 9.17) is 9.52 Å². The zero-order valence-electron chi connectivity index (χ0n) is 12.6. The monoisotopic (exact) mass is 333 g/mol. The Balaban J connectivity index is 3.18. The summed E-state index contributed by atoms with van der Waals surface area (Å²) in [4.78, 5) is 22.3. The van der Waals surface area contributed by atoms with Crippen LogP contribution in [-0.4, -0.2) is 38.6 Å². The summed E-state index contributed by atoms with van der Waals surface area (Å²) < 4.78 is 36.4. The lowest BCUT2D eigenvalue weighted by Crippen LogP contribution is -2.40. The molecular weight excluding hydrogens is 314 g/mol. The van der Waals surface area contributed by atoms with Gasteiger partial charge in [0.05, 0.1) is 7.11 Å². The van der Waals surface area contributed by atoms with Crippen LogP contribution in [0.5, 0.6) is 0 Å². The van der Waals surface area contributed by atoms with Gasteiger partial charge < -0.3 is 14.3 Å². The molecule has 0 fully saturated rings. The smallest absolute Gasteiger partial charge is 0.373 e. The third kappa shape index (κ3) is 4.08. The van der Waals surface area contributed by atoms with E-state index in [0.29, 0.717) is 6.42 Å². The predicted molar refractivity (Wildman–Crippen MR) is 76.1 cm³/mol. The zero-order valence-corrected chi connectivity index (χ0v) is 13.4. The van der Waals surface area contributed by atoms with Crippen molar-refractivity contribution in [1.29, 1.82) is 0 Å². The first-order valence-corrected chi connectivity index (χ1v) is 8.21. The summed E-state index contributed by atoms with van der Waals surface area (Å²) in [5, 5.41) is 9.05. The number of ether oxygens (including phenoxy) is 1. The van der Waals surface area contributed by atoms with Gasteiger partial charge in [-0.05, 0) is 6.42 Å². The number of hydrogen-bond donors (Lipinski definition) is 2. The van der Waals surface area contributed by atoms with Gasteiger partial charge in [-0.15, -0.1) is 0 Å². The van der Waals surface area contributed by atoms with Crippen LogP contribution in [0.3, 0.4) is 0 Å². The van der Waals surface area contributed by atoms with Crippen LogP contribution in [0.2, 0.25) is 0 Å². The van der Waals surface area contributed by atoms with Crippen LogP contribution in [0, 0.1) is 0 Å². The number of carboxylic acid groups (broad SMARTS) is 1. The van der Waals surface area contributed by atoms with Gasteiger partial charge in [-0.25, -0.2) is 13.2 Å². The van der Waals surface area contributed by atoms with E-state index in [1.54, 1.807) is 13.8 Å². The van der Waals surface area contributed by atoms with Gasteiger partial charge in [0, 0.05) is 12.5 Å². The molecule has 0 aliphatic carbocycles. The molecule has 1 aromatic heterocycles. The van der Waals surface area contributed by atoms with Crippen LogP contribution >= 0.6 is 0 Å². The molecule has 0 spiro atoms. The molecule has 1 heterocycles. The number of aryl methyl sites for hydroxylation is 1. The molecule has 0 aliphatic heterocycles. The first kappa shape index (κ1) is 18.2. The second-order valence-electron chi connectivity index (χ2n) is 4.54. The largest absolute Gasteiger partial charge is 0.480 e. The number of aliphatic carboxylic acids is 1. The van der Waals surface area contributed by atoms with Gasteiger partial charge in [0.1, 0.15) is 16.7 Å². The minimum absolute atomic E-state index is 0.0635.